The Kier molecular flexibility index (Phi) is 5.37. The molecule has 0 bridgehead atoms. The van der Waals surface area contributed by atoms with E-state index in [-0.39, 0.29) is 21.7 Å². The van der Waals surface area contributed by atoms with Gasteiger partial charge in [-0.25, -0.2) is 0 Å². The van der Waals surface area contributed by atoms with Gasteiger partial charge >= 0.3 is 0 Å². The highest BCUT2D eigenvalue weighted by Gasteiger charge is 2.55. The van der Waals surface area contributed by atoms with Crippen LogP contribution in [0.5, 0.6) is 0 Å². The summed E-state index contributed by atoms with van der Waals surface area (Å²) >= 11 is 0. The molecule has 7 rings (SSSR count). The summed E-state index contributed by atoms with van der Waals surface area (Å²) < 4.78 is 2.62. The molecular formula is C38H46N2. The van der Waals surface area contributed by atoms with Crippen LogP contribution in [0.2, 0.25) is 0 Å². The molecule has 2 aliphatic carbocycles. The van der Waals surface area contributed by atoms with Gasteiger partial charge in [-0.15, -0.1) is 0 Å². The molecule has 40 heavy (non-hydrogen) atoms. The van der Waals surface area contributed by atoms with Crippen LogP contribution >= 0.6 is 0 Å². The number of rotatable bonds is 2. The van der Waals surface area contributed by atoms with Gasteiger partial charge in [0.1, 0.15) is 0 Å². The largest absolute Gasteiger partial charge is 0.337 e. The average Bonchev–Trinajstić information content (AvgIpc) is 3.47. The standard InChI is InChI=1S/C38H46N2/c1-35(2)20-22-37(5,6)33-31(35)27-16-9-11-18-29(27)39(33)25-14-13-15-26(24-25)40-30-19-12-10-17-28(30)32-34(40)38(7,8)23-21-36(32,3)4/h9-19,24,31,33H,20-23H2,1-8H3. The Hall–Kier alpha value is -3.00. The summed E-state index contributed by atoms with van der Waals surface area (Å²) in [6.07, 6.45) is 4.95. The van der Waals surface area contributed by atoms with Gasteiger partial charge in [0.05, 0.1) is 5.52 Å². The average molecular weight is 531 g/mol. The lowest BCUT2D eigenvalue weighted by molar-refractivity contribution is 0.0818. The van der Waals surface area contributed by atoms with Gasteiger partial charge in [0, 0.05) is 45.5 Å². The maximum atomic E-state index is 2.72. The molecule has 0 amide bonds. The molecule has 1 aliphatic heterocycles. The number of hydrogen-bond donors (Lipinski definition) is 0. The van der Waals surface area contributed by atoms with Gasteiger partial charge in [-0.1, -0.05) is 97.9 Å². The number of hydrogen-bond acceptors (Lipinski definition) is 1. The van der Waals surface area contributed by atoms with Crippen molar-refractivity contribution in [2.45, 2.75) is 104 Å². The maximum absolute atomic E-state index is 2.72. The molecule has 3 aromatic carbocycles. The molecule has 3 aliphatic rings. The van der Waals surface area contributed by atoms with Crippen LogP contribution in [0.1, 0.15) is 104 Å². The molecular weight excluding hydrogens is 484 g/mol. The highest BCUT2D eigenvalue weighted by molar-refractivity contribution is 5.89. The van der Waals surface area contributed by atoms with Crippen molar-refractivity contribution in [2.75, 3.05) is 4.90 Å². The summed E-state index contributed by atoms with van der Waals surface area (Å²) in [7, 11) is 0. The highest BCUT2D eigenvalue weighted by atomic mass is 15.2. The van der Waals surface area contributed by atoms with Gasteiger partial charge in [0.15, 0.2) is 0 Å². The number of para-hydroxylation sites is 2. The Morgan fingerprint density at radius 3 is 2.08 bits per heavy atom. The van der Waals surface area contributed by atoms with Gasteiger partial charge in [-0.05, 0) is 83.4 Å². The second-order valence-electron chi connectivity index (χ2n) is 15.7. The summed E-state index contributed by atoms with van der Waals surface area (Å²) in [5.41, 5.74) is 10.7. The van der Waals surface area contributed by atoms with E-state index in [4.69, 9.17) is 0 Å². The SMILES string of the molecule is CC1(C)CCC(C)(C)c2c1c1ccccc1n2-c1cccc(N2c3ccccc3C3C2C(C)(C)CCC3(C)C)c1. The maximum Gasteiger partial charge on any atom is 0.0534 e. The van der Waals surface area contributed by atoms with Crippen molar-refractivity contribution in [1.82, 2.24) is 4.57 Å². The van der Waals surface area contributed by atoms with Crippen LogP contribution in [0.4, 0.5) is 11.4 Å². The Morgan fingerprint density at radius 2 is 1.27 bits per heavy atom. The van der Waals surface area contributed by atoms with E-state index in [9.17, 15) is 0 Å². The van der Waals surface area contributed by atoms with Crippen molar-refractivity contribution in [3.8, 4) is 5.69 Å². The van der Waals surface area contributed by atoms with Crippen LogP contribution in [-0.2, 0) is 10.8 Å². The molecule has 0 N–H and O–H groups in total. The van der Waals surface area contributed by atoms with Crippen LogP contribution in [0.3, 0.4) is 0 Å². The summed E-state index contributed by atoms with van der Waals surface area (Å²) in [5, 5.41) is 1.42. The molecule has 2 nitrogen and oxygen atoms in total. The third-order valence-electron chi connectivity index (χ3n) is 11.1. The number of nitrogens with zero attached hydrogens (tertiary/aromatic N) is 2. The minimum absolute atomic E-state index is 0.112. The van der Waals surface area contributed by atoms with Crippen molar-refractivity contribution in [1.29, 1.82) is 0 Å². The molecule has 0 saturated heterocycles. The smallest absolute Gasteiger partial charge is 0.0534 e. The van der Waals surface area contributed by atoms with Crippen LogP contribution in [0, 0.1) is 10.8 Å². The molecule has 1 saturated carbocycles. The summed E-state index contributed by atoms with van der Waals surface area (Å²) in [6.45, 7) is 19.8. The molecule has 1 aromatic heterocycles. The predicted molar refractivity (Wildman–Crippen MR) is 170 cm³/mol. The van der Waals surface area contributed by atoms with Crippen molar-refractivity contribution in [3.63, 3.8) is 0 Å². The third-order valence-corrected chi connectivity index (χ3v) is 11.1. The van der Waals surface area contributed by atoms with E-state index >= 15 is 0 Å². The third kappa shape index (κ3) is 3.53. The second-order valence-corrected chi connectivity index (χ2v) is 15.7. The Morgan fingerprint density at radius 1 is 0.625 bits per heavy atom. The fourth-order valence-electron chi connectivity index (χ4n) is 8.82. The van der Waals surface area contributed by atoms with Crippen LogP contribution in [-0.4, -0.2) is 10.6 Å². The summed E-state index contributed by atoms with van der Waals surface area (Å²) in [4.78, 5) is 2.72. The van der Waals surface area contributed by atoms with E-state index in [1.165, 1.54) is 64.9 Å². The lowest BCUT2D eigenvalue weighted by Crippen LogP contribution is -2.50. The first-order valence-corrected chi connectivity index (χ1v) is 15.5. The molecule has 0 spiro atoms. The van der Waals surface area contributed by atoms with Crippen LogP contribution < -0.4 is 4.90 Å². The molecule has 0 radical (unpaired) electrons. The monoisotopic (exact) mass is 530 g/mol. The molecule has 2 heterocycles. The summed E-state index contributed by atoms with van der Waals surface area (Å²) in [5.74, 6) is 0.524. The van der Waals surface area contributed by atoms with E-state index in [1.54, 1.807) is 5.56 Å². The number of benzene rings is 3. The first-order valence-electron chi connectivity index (χ1n) is 15.5. The zero-order chi connectivity index (χ0) is 28.2. The molecule has 2 heteroatoms. The number of aromatic nitrogens is 1. The fourth-order valence-corrected chi connectivity index (χ4v) is 8.82. The minimum Gasteiger partial charge on any atom is -0.337 e. The first-order chi connectivity index (χ1) is 18.8. The molecule has 1 fully saturated rings. The van der Waals surface area contributed by atoms with E-state index in [1.807, 2.05) is 0 Å². The van der Waals surface area contributed by atoms with Crippen LogP contribution in [0.15, 0.2) is 72.8 Å². The van der Waals surface area contributed by atoms with Gasteiger partial charge in [0.2, 0.25) is 0 Å². The second kappa shape index (κ2) is 8.28. The zero-order valence-corrected chi connectivity index (χ0v) is 25.8. The van der Waals surface area contributed by atoms with E-state index < -0.39 is 0 Å². The van der Waals surface area contributed by atoms with Gasteiger partial charge in [0.25, 0.3) is 0 Å². The van der Waals surface area contributed by atoms with Crippen molar-refractivity contribution in [3.05, 3.63) is 89.6 Å². The lowest BCUT2D eigenvalue weighted by Gasteiger charge is -2.52. The number of fused-ring (bicyclic) bond motifs is 6. The quantitative estimate of drug-likeness (QED) is 0.250. The van der Waals surface area contributed by atoms with Crippen molar-refractivity contribution < 1.29 is 0 Å². The van der Waals surface area contributed by atoms with E-state index in [0.717, 1.165) is 0 Å². The first kappa shape index (κ1) is 25.9. The lowest BCUT2D eigenvalue weighted by atomic mass is 9.57. The fraction of sp³-hybridized carbons (Fsp3) is 0.474. The summed E-state index contributed by atoms with van der Waals surface area (Å²) in [6, 6.07) is 28.3. The van der Waals surface area contributed by atoms with Crippen molar-refractivity contribution >= 4 is 22.3 Å². The van der Waals surface area contributed by atoms with Gasteiger partial charge < -0.3 is 9.47 Å². The predicted octanol–water partition coefficient (Wildman–Crippen LogP) is 10.4. The minimum atomic E-state index is 0.112. The molecule has 2 unspecified atom stereocenters. The van der Waals surface area contributed by atoms with E-state index in [2.05, 4.69) is 138 Å². The Bertz CT molecular complexity index is 1630. The van der Waals surface area contributed by atoms with Gasteiger partial charge in [-0.2, -0.15) is 0 Å². The van der Waals surface area contributed by atoms with Crippen molar-refractivity contribution in [2.24, 2.45) is 10.8 Å². The topological polar surface area (TPSA) is 8.17 Å². The highest BCUT2D eigenvalue weighted by Crippen LogP contribution is 2.62. The zero-order valence-electron chi connectivity index (χ0n) is 25.8. The van der Waals surface area contributed by atoms with Crippen LogP contribution in [0.25, 0.3) is 16.6 Å². The Labute approximate surface area is 241 Å². The normalized spacial score (nSPS) is 25.4. The number of anilines is 2. The molecule has 4 aromatic rings. The Balaban J connectivity index is 1.47. The molecule has 2 atom stereocenters. The molecule has 208 valence electrons. The van der Waals surface area contributed by atoms with Gasteiger partial charge in [-0.3, -0.25) is 0 Å². The van der Waals surface area contributed by atoms with E-state index in [0.29, 0.717) is 12.0 Å².